The maximum Gasteiger partial charge on any atom is 0.314 e. The fraction of sp³-hybridized carbons (Fsp3) is 0.286. The van der Waals surface area contributed by atoms with Crippen molar-refractivity contribution < 1.29 is 9.84 Å². The van der Waals surface area contributed by atoms with Crippen molar-refractivity contribution in [2.24, 2.45) is 0 Å². The van der Waals surface area contributed by atoms with Crippen LogP contribution >= 0.6 is 0 Å². The van der Waals surface area contributed by atoms with Crippen LogP contribution < -0.4 is 16.0 Å². The van der Waals surface area contributed by atoms with E-state index in [1.807, 2.05) is 20.8 Å². The molecule has 0 unspecified atom stereocenters. The van der Waals surface area contributed by atoms with E-state index in [4.69, 9.17) is 10.5 Å². The minimum Gasteiger partial charge on any atom is -0.506 e. The maximum absolute atomic E-state index is 12.3. The first-order chi connectivity index (χ1) is 9.30. The fourth-order valence-electron chi connectivity index (χ4n) is 1.72. The van der Waals surface area contributed by atoms with E-state index in [1.54, 1.807) is 18.3 Å². The van der Waals surface area contributed by atoms with Crippen molar-refractivity contribution >= 4 is 5.69 Å². The highest BCUT2D eigenvalue weighted by Gasteiger charge is 2.18. The van der Waals surface area contributed by atoms with Crippen molar-refractivity contribution in [3.63, 3.8) is 0 Å². The normalized spacial score (nSPS) is 11.3. The summed E-state index contributed by atoms with van der Waals surface area (Å²) in [7, 11) is 0. The summed E-state index contributed by atoms with van der Waals surface area (Å²) < 4.78 is 6.95. The Bertz CT molecular complexity index is 687. The summed E-state index contributed by atoms with van der Waals surface area (Å²) in [4.78, 5) is 16.2. The number of nitrogen functional groups attached to an aromatic ring is 1. The Labute approximate surface area is 116 Å². The molecule has 0 saturated heterocycles. The van der Waals surface area contributed by atoms with E-state index < -0.39 is 0 Å². The van der Waals surface area contributed by atoms with Crippen LogP contribution in [0.4, 0.5) is 5.69 Å². The van der Waals surface area contributed by atoms with Crippen LogP contribution in [0.15, 0.2) is 35.4 Å². The number of phenols is 1. The minimum absolute atomic E-state index is 0.0693. The van der Waals surface area contributed by atoms with Crippen LogP contribution in [0.1, 0.15) is 20.8 Å². The number of hydrogen-bond donors (Lipinski definition) is 2. The van der Waals surface area contributed by atoms with Gasteiger partial charge in [0.15, 0.2) is 5.75 Å². The van der Waals surface area contributed by atoms with Gasteiger partial charge in [-0.2, -0.15) is 0 Å². The average Bonchev–Trinajstić information content (AvgIpc) is 2.36. The molecule has 0 aliphatic heterocycles. The Hall–Kier alpha value is -2.50. The van der Waals surface area contributed by atoms with Gasteiger partial charge in [0.2, 0.25) is 0 Å². The van der Waals surface area contributed by atoms with Crippen LogP contribution in [0, 0.1) is 0 Å². The van der Waals surface area contributed by atoms with Crippen LogP contribution in [0.5, 0.6) is 17.4 Å². The summed E-state index contributed by atoms with van der Waals surface area (Å²) >= 11 is 0. The first-order valence-electron chi connectivity index (χ1n) is 6.14. The Morgan fingerprint density at radius 2 is 2.05 bits per heavy atom. The first kappa shape index (κ1) is 13.9. The van der Waals surface area contributed by atoms with Gasteiger partial charge in [0.05, 0.1) is 0 Å². The molecule has 3 N–H and O–H groups in total. The van der Waals surface area contributed by atoms with Crippen molar-refractivity contribution in [1.82, 2.24) is 9.55 Å². The number of ether oxygens (including phenoxy) is 1. The number of aromatic nitrogens is 2. The third kappa shape index (κ3) is 2.59. The lowest BCUT2D eigenvalue weighted by molar-refractivity contribution is 0.363. The van der Waals surface area contributed by atoms with Gasteiger partial charge in [-0.15, -0.1) is 0 Å². The predicted octanol–water partition coefficient (Wildman–Crippen LogP) is 2.08. The van der Waals surface area contributed by atoms with Crippen LogP contribution in [0.3, 0.4) is 0 Å². The van der Waals surface area contributed by atoms with Crippen molar-refractivity contribution in [3.05, 3.63) is 40.9 Å². The van der Waals surface area contributed by atoms with Gasteiger partial charge in [-0.05, 0) is 32.9 Å². The number of hydrogen-bond acceptors (Lipinski definition) is 5. The number of phenolic OH excluding ortho intramolecular Hbond substituents is 1. The predicted molar refractivity (Wildman–Crippen MR) is 76.1 cm³/mol. The molecule has 1 heterocycles. The second kappa shape index (κ2) is 4.88. The maximum atomic E-state index is 12.3. The molecule has 0 saturated carbocycles. The SMILES string of the molecule is CC(C)(C)n1ccnc(Oc2cccc(O)c2N)c1=O. The zero-order valence-corrected chi connectivity index (χ0v) is 11.6. The molecule has 0 atom stereocenters. The second-order valence-electron chi connectivity index (χ2n) is 5.37. The van der Waals surface area contributed by atoms with Crippen LogP contribution in [0.25, 0.3) is 0 Å². The number of nitrogens with zero attached hydrogens (tertiary/aromatic N) is 2. The van der Waals surface area contributed by atoms with E-state index in [0.29, 0.717) is 0 Å². The lowest BCUT2D eigenvalue weighted by atomic mass is 10.1. The average molecular weight is 275 g/mol. The van der Waals surface area contributed by atoms with Crippen molar-refractivity contribution in [2.45, 2.75) is 26.3 Å². The molecule has 0 spiro atoms. The molecule has 106 valence electrons. The second-order valence-corrected chi connectivity index (χ2v) is 5.37. The molecule has 0 bridgehead atoms. The van der Waals surface area contributed by atoms with Crippen LogP contribution in [0.2, 0.25) is 0 Å². The van der Waals surface area contributed by atoms with Crippen molar-refractivity contribution in [3.8, 4) is 17.4 Å². The molecule has 1 aromatic carbocycles. The zero-order chi connectivity index (χ0) is 14.9. The van der Waals surface area contributed by atoms with Gasteiger partial charge >= 0.3 is 5.56 Å². The Kier molecular flexibility index (Phi) is 3.40. The lowest BCUT2D eigenvalue weighted by Crippen LogP contribution is -2.34. The summed E-state index contributed by atoms with van der Waals surface area (Å²) in [6, 6.07) is 4.57. The molecule has 1 aromatic heterocycles. The van der Waals surface area contributed by atoms with Crippen molar-refractivity contribution in [1.29, 1.82) is 0 Å². The topological polar surface area (TPSA) is 90.4 Å². The monoisotopic (exact) mass is 275 g/mol. The molecule has 0 fully saturated rings. The van der Waals surface area contributed by atoms with E-state index in [0.717, 1.165) is 0 Å². The van der Waals surface area contributed by atoms with Gasteiger partial charge in [-0.25, -0.2) is 4.98 Å². The smallest absolute Gasteiger partial charge is 0.314 e. The van der Waals surface area contributed by atoms with Crippen molar-refractivity contribution in [2.75, 3.05) is 5.73 Å². The van der Waals surface area contributed by atoms with Gasteiger partial charge in [-0.1, -0.05) is 6.07 Å². The molecule has 6 heteroatoms. The molecule has 2 aromatic rings. The highest BCUT2D eigenvalue weighted by molar-refractivity contribution is 5.62. The number of anilines is 1. The molecule has 0 amide bonds. The van der Waals surface area contributed by atoms with Crippen LogP contribution in [-0.4, -0.2) is 14.7 Å². The number of benzene rings is 1. The van der Waals surface area contributed by atoms with E-state index >= 15 is 0 Å². The Morgan fingerprint density at radius 3 is 2.70 bits per heavy atom. The zero-order valence-electron chi connectivity index (χ0n) is 11.6. The summed E-state index contributed by atoms with van der Waals surface area (Å²) in [6.07, 6.45) is 3.09. The van der Waals surface area contributed by atoms with Gasteiger partial charge in [0, 0.05) is 17.9 Å². The van der Waals surface area contributed by atoms with E-state index in [1.165, 1.54) is 16.8 Å². The molecule has 0 aliphatic rings. The summed E-state index contributed by atoms with van der Waals surface area (Å²) in [5.74, 6) is 0.00978. The molecule has 0 aliphatic carbocycles. The summed E-state index contributed by atoms with van der Waals surface area (Å²) in [6.45, 7) is 5.71. The highest BCUT2D eigenvalue weighted by atomic mass is 16.5. The Balaban J connectivity index is 2.45. The molecular formula is C14H17N3O3. The minimum atomic E-state index is -0.386. The standard InChI is InChI=1S/C14H17N3O3/c1-14(2,3)17-8-7-16-12(13(17)19)20-10-6-4-5-9(18)11(10)15/h4-8,18H,15H2,1-3H3. The largest absolute Gasteiger partial charge is 0.506 e. The first-order valence-corrected chi connectivity index (χ1v) is 6.14. The number of nitrogens with two attached hydrogens (primary N) is 1. The third-order valence-electron chi connectivity index (χ3n) is 2.78. The third-order valence-corrected chi connectivity index (χ3v) is 2.78. The quantitative estimate of drug-likeness (QED) is 0.647. The lowest BCUT2D eigenvalue weighted by Gasteiger charge is -2.22. The number of aromatic hydroxyl groups is 1. The van der Waals surface area contributed by atoms with E-state index in [9.17, 15) is 9.90 Å². The molecular weight excluding hydrogens is 258 g/mol. The van der Waals surface area contributed by atoms with E-state index in [2.05, 4.69) is 4.98 Å². The molecule has 0 radical (unpaired) electrons. The molecule has 6 nitrogen and oxygen atoms in total. The van der Waals surface area contributed by atoms with Gasteiger partial charge in [0.25, 0.3) is 5.88 Å². The van der Waals surface area contributed by atoms with Gasteiger partial charge < -0.3 is 20.1 Å². The summed E-state index contributed by atoms with van der Waals surface area (Å²) in [5.41, 5.74) is 5.02. The molecule has 20 heavy (non-hydrogen) atoms. The number of para-hydroxylation sites is 1. The van der Waals surface area contributed by atoms with Crippen LogP contribution in [-0.2, 0) is 5.54 Å². The Morgan fingerprint density at radius 1 is 1.35 bits per heavy atom. The number of rotatable bonds is 2. The fourth-order valence-corrected chi connectivity index (χ4v) is 1.72. The van der Waals surface area contributed by atoms with Gasteiger partial charge in [0.1, 0.15) is 11.4 Å². The van der Waals surface area contributed by atoms with E-state index in [-0.39, 0.29) is 34.2 Å². The summed E-state index contributed by atoms with van der Waals surface area (Å²) in [5, 5.41) is 9.52. The van der Waals surface area contributed by atoms with Gasteiger partial charge in [-0.3, -0.25) is 4.79 Å². The molecule has 2 rings (SSSR count). The highest BCUT2D eigenvalue weighted by Crippen LogP contribution is 2.32.